The molecule has 0 unspecified atom stereocenters. The first-order valence-electron chi connectivity index (χ1n) is 14.4. The van der Waals surface area contributed by atoms with Gasteiger partial charge in [-0.2, -0.15) is 0 Å². The van der Waals surface area contributed by atoms with Crippen LogP contribution in [0.5, 0.6) is 0 Å². The molecule has 3 aromatic carbocycles. The highest BCUT2D eigenvalue weighted by molar-refractivity contribution is 6.25. The summed E-state index contributed by atoms with van der Waals surface area (Å²) in [6.07, 6.45) is 12.0. The van der Waals surface area contributed by atoms with Crippen molar-refractivity contribution in [3.63, 3.8) is 0 Å². The first-order chi connectivity index (χ1) is 18.7. The molecule has 2 aliphatic rings. The third kappa shape index (κ3) is 5.61. The Balaban J connectivity index is 1.31. The topological polar surface area (TPSA) is 40.2 Å². The fourth-order valence-corrected chi connectivity index (χ4v) is 5.64. The van der Waals surface area contributed by atoms with E-state index >= 15 is 0 Å². The van der Waals surface area contributed by atoms with Crippen LogP contribution in [0.2, 0.25) is 0 Å². The minimum atomic E-state index is -0.0733. The third-order valence-electron chi connectivity index (χ3n) is 7.78. The summed E-state index contributed by atoms with van der Waals surface area (Å²) < 4.78 is 3.82. The minimum Gasteiger partial charge on any atom is -0.281 e. The van der Waals surface area contributed by atoms with Crippen molar-refractivity contribution < 1.29 is 18.7 Å². The lowest BCUT2D eigenvalue weighted by Gasteiger charge is -2.11. The monoisotopic (exact) mass is 506 g/mol. The van der Waals surface area contributed by atoms with Gasteiger partial charge in [-0.15, -0.1) is 0 Å². The van der Waals surface area contributed by atoms with Crippen molar-refractivity contribution in [2.75, 3.05) is 13.1 Å². The van der Waals surface area contributed by atoms with Crippen LogP contribution in [-0.2, 0) is 6.42 Å². The molecule has 194 valence electrons. The molecule has 0 amide bonds. The second-order valence-corrected chi connectivity index (χ2v) is 10.6. The van der Waals surface area contributed by atoms with E-state index in [1.54, 1.807) is 12.1 Å². The maximum absolute atomic E-state index is 13.6. The van der Waals surface area contributed by atoms with E-state index in [9.17, 15) is 9.59 Å². The highest BCUT2D eigenvalue weighted by atomic mass is 16.1. The maximum atomic E-state index is 13.6. The van der Waals surface area contributed by atoms with E-state index in [2.05, 4.69) is 55.4 Å². The molecule has 1 aliphatic carbocycles. The largest absolute Gasteiger partial charge is 0.490 e. The van der Waals surface area contributed by atoms with Crippen molar-refractivity contribution in [2.24, 2.45) is 0 Å². The zero-order chi connectivity index (χ0) is 26.3. The highest BCUT2D eigenvalue weighted by Crippen LogP contribution is 2.29. The number of ketones is 2. The number of carbonyl (C=O) groups is 2. The molecule has 0 spiro atoms. The highest BCUT2D eigenvalue weighted by Gasteiger charge is 2.50. The Bertz CT molecular complexity index is 1460. The Morgan fingerprint density at radius 3 is 1.82 bits per heavy atom. The van der Waals surface area contributed by atoms with Crippen LogP contribution in [-0.4, -0.2) is 39.8 Å². The van der Waals surface area contributed by atoms with Crippen molar-refractivity contribution in [1.82, 2.24) is 0 Å². The van der Waals surface area contributed by atoms with Crippen molar-refractivity contribution >= 4 is 28.3 Å². The summed E-state index contributed by atoms with van der Waals surface area (Å²) in [6.45, 7) is 3.57. The number of unbranched alkanes of at least 4 members (excludes halogenated alkanes) is 8. The number of allylic oxidation sites excluding steroid dienone is 2. The Morgan fingerprint density at radius 1 is 0.605 bits per heavy atom. The summed E-state index contributed by atoms with van der Waals surface area (Å²) in [4.78, 5) is 27.2. The molecule has 4 heteroatoms. The number of nitrogens with zero attached hydrogens (tertiary/aromatic N) is 2. The van der Waals surface area contributed by atoms with Crippen LogP contribution in [0, 0.1) is 0 Å². The number of benzene rings is 3. The van der Waals surface area contributed by atoms with Crippen LogP contribution in [0.1, 0.15) is 91.0 Å². The van der Waals surface area contributed by atoms with Gasteiger partial charge < -0.3 is 0 Å². The molecule has 1 aliphatic heterocycles. The summed E-state index contributed by atoms with van der Waals surface area (Å²) in [5, 5.41) is 2.43. The lowest BCUT2D eigenvalue weighted by molar-refractivity contribution is -0.492. The molecule has 3 aromatic rings. The average Bonchev–Trinajstić information content (AvgIpc) is 3.32. The van der Waals surface area contributed by atoms with E-state index in [1.807, 2.05) is 21.3 Å². The summed E-state index contributed by atoms with van der Waals surface area (Å²) in [5.41, 5.74) is 3.21. The SMILES string of the molecule is CCCCCCCCCCC[N+]1=C=[N+](CCc2ccc3ccccc3c2)C2=C1C(=O)c1ccccc1C2=O. The number of rotatable bonds is 13. The second-order valence-electron chi connectivity index (χ2n) is 10.6. The molecule has 0 radical (unpaired) electrons. The fraction of sp³-hybridized carbons (Fsp3) is 0.382. The van der Waals surface area contributed by atoms with Gasteiger partial charge in [-0.1, -0.05) is 128 Å². The van der Waals surface area contributed by atoms with Gasteiger partial charge in [-0.3, -0.25) is 9.59 Å². The predicted octanol–water partition coefficient (Wildman–Crippen LogP) is 7.42. The zero-order valence-electron chi connectivity index (χ0n) is 22.5. The van der Waals surface area contributed by atoms with Gasteiger partial charge in [0, 0.05) is 24.0 Å². The van der Waals surface area contributed by atoms with Crippen LogP contribution in [0.25, 0.3) is 10.8 Å². The lowest BCUT2D eigenvalue weighted by atomic mass is 9.90. The molecule has 0 N–H and O–H groups in total. The van der Waals surface area contributed by atoms with Crippen LogP contribution < -0.4 is 0 Å². The molecular formula is C34H38N2O2+2. The summed E-state index contributed by atoms with van der Waals surface area (Å²) in [7, 11) is 0. The number of hydrogen-bond acceptors (Lipinski definition) is 2. The normalized spacial score (nSPS) is 14.6. The molecule has 0 bridgehead atoms. The first kappa shape index (κ1) is 26.0. The Labute approximate surface area is 226 Å². The van der Waals surface area contributed by atoms with Gasteiger partial charge in [0.2, 0.25) is 0 Å². The van der Waals surface area contributed by atoms with E-state index in [0.717, 1.165) is 19.3 Å². The van der Waals surface area contributed by atoms with E-state index in [-0.39, 0.29) is 11.6 Å². The molecule has 0 fully saturated rings. The standard InChI is InChI=1S/C34H38N2O2/c1-2-3-4-5-6-7-8-9-14-22-35-25-36(23-21-26-19-20-27-15-10-11-16-28(27)24-26)32-31(35)33(37)29-17-12-13-18-30(29)34(32)38/h10-13,15-20,24H,2-9,14,21-23H2,1H3/q+2. The van der Waals surface area contributed by atoms with E-state index in [1.165, 1.54) is 61.3 Å². The molecular weight excluding hydrogens is 468 g/mol. The summed E-state index contributed by atoms with van der Waals surface area (Å²) in [6, 6.07) is 25.5. The van der Waals surface area contributed by atoms with Crippen molar-refractivity contribution in [1.29, 1.82) is 0 Å². The molecule has 0 saturated heterocycles. The van der Waals surface area contributed by atoms with Crippen LogP contribution in [0.3, 0.4) is 0 Å². The van der Waals surface area contributed by atoms with Crippen molar-refractivity contribution in [2.45, 2.75) is 71.1 Å². The number of carbonyl (C=O) groups excluding carboxylic acids is 2. The molecule has 1 heterocycles. The minimum absolute atomic E-state index is 0.0631. The molecule has 0 aromatic heterocycles. The number of fused-ring (bicyclic) bond motifs is 2. The first-order valence-corrected chi connectivity index (χ1v) is 14.4. The Morgan fingerprint density at radius 2 is 1.16 bits per heavy atom. The zero-order valence-corrected chi connectivity index (χ0v) is 22.5. The van der Waals surface area contributed by atoms with Gasteiger partial charge in [0.25, 0.3) is 11.6 Å². The number of Topliss-reactive ketones (excluding diaryl/α,β-unsaturated/α-hetero) is 2. The van der Waals surface area contributed by atoms with Crippen LogP contribution in [0.4, 0.5) is 0 Å². The second kappa shape index (κ2) is 12.3. The van der Waals surface area contributed by atoms with Crippen LogP contribution in [0.15, 0.2) is 78.1 Å². The number of hydrogen-bond donors (Lipinski definition) is 0. The van der Waals surface area contributed by atoms with Crippen molar-refractivity contribution in [3.05, 3.63) is 94.8 Å². The Hall–Kier alpha value is -3.62. The van der Waals surface area contributed by atoms with Gasteiger partial charge in [0.15, 0.2) is 13.1 Å². The quantitative estimate of drug-likeness (QED) is 0.179. The van der Waals surface area contributed by atoms with E-state index in [0.29, 0.717) is 35.6 Å². The molecule has 4 nitrogen and oxygen atoms in total. The lowest BCUT2D eigenvalue weighted by Crippen LogP contribution is -2.29. The van der Waals surface area contributed by atoms with Gasteiger partial charge in [0.05, 0.1) is 0 Å². The molecule has 0 atom stereocenters. The Kier molecular flexibility index (Phi) is 8.41. The smallest absolute Gasteiger partial charge is 0.281 e. The third-order valence-corrected chi connectivity index (χ3v) is 7.78. The maximum Gasteiger partial charge on any atom is 0.490 e. The van der Waals surface area contributed by atoms with Gasteiger partial charge >= 0.3 is 17.4 Å². The molecule has 0 saturated carbocycles. The predicted molar refractivity (Wildman–Crippen MR) is 152 cm³/mol. The summed E-state index contributed by atoms with van der Waals surface area (Å²) >= 11 is 0. The molecule has 38 heavy (non-hydrogen) atoms. The van der Waals surface area contributed by atoms with Gasteiger partial charge in [-0.05, 0) is 22.8 Å². The van der Waals surface area contributed by atoms with E-state index in [4.69, 9.17) is 0 Å². The van der Waals surface area contributed by atoms with Gasteiger partial charge in [0.1, 0.15) is 0 Å². The molecule has 5 rings (SSSR count). The van der Waals surface area contributed by atoms with Crippen LogP contribution >= 0.6 is 0 Å². The van der Waals surface area contributed by atoms with Gasteiger partial charge in [-0.25, -0.2) is 0 Å². The summed E-state index contributed by atoms with van der Waals surface area (Å²) in [5.74, 6) is -0.136. The average molecular weight is 507 g/mol. The van der Waals surface area contributed by atoms with Crippen molar-refractivity contribution in [3.8, 4) is 0 Å². The van der Waals surface area contributed by atoms with E-state index < -0.39 is 0 Å². The fourth-order valence-electron chi connectivity index (χ4n) is 5.64.